The molecule has 6 nitrogen and oxygen atoms in total. The minimum Gasteiger partial charge on any atom is -0.354 e. The molecule has 4 saturated carbocycles. The summed E-state index contributed by atoms with van der Waals surface area (Å²) in [7, 11) is 0. The van der Waals surface area contributed by atoms with Crippen molar-refractivity contribution in [1.29, 1.82) is 0 Å². The topological polar surface area (TPSA) is 90.5 Å². The van der Waals surface area contributed by atoms with Crippen molar-refractivity contribution in [3.63, 3.8) is 0 Å². The van der Waals surface area contributed by atoms with E-state index >= 15 is 0 Å². The van der Waals surface area contributed by atoms with Gasteiger partial charge in [-0.05, 0) is 73.5 Å². The fraction of sp³-hybridized carbons (Fsp3) is 0.565. The minimum absolute atomic E-state index is 0.0645. The molecule has 1 aromatic rings. The van der Waals surface area contributed by atoms with Crippen molar-refractivity contribution in [3.05, 3.63) is 41.5 Å². The van der Waals surface area contributed by atoms with Crippen molar-refractivity contribution in [2.45, 2.75) is 45.1 Å². The zero-order chi connectivity index (χ0) is 20.3. The van der Waals surface area contributed by atoms with Crippen LogP contribution in [0.3, 0.4) is 0 Å². The molecule has 0 unspecified atom stereocenters. The molecule has 156 valence electrons. The monoisotopic (exact) mass is 397 g/mol. The lowest BCUT2D eigenvalue weighted by Crippen LogP contribution is -2.54. The molecular weight excluding hydrogens is 366 g/mol. The van der Waals surface area contributed by atoms with Crippen molar-refractivity contribution in [3.8, 4) is 0 Å². The Morgan fingerprint density at radius 3 is 2.21 bits per heavy atom. The lowest BCUT2D eigenvalue weighted by atomic mass is 9.49. The maximum atomic E-state index is 12.9. The number of carbonyl (C=O) groups excluding carboxylic acids is 2. The summed E-state index contributed by atoms with van der Waals surface area (Å²) >= 11 is 0. The Morgan fingerprint density at radius 1 is 1.00 bits per heavy atom. The van der Waals surface area contributed by atoms with Crippen molar-refractivity contribution >= 4 is 17.9 Å². The molecule has 0 aliphatic heterocycles. The van der Waals surface area contributed by atoms with Crippen LogP contribution in [-0.4, -0.2) is 30.1 Å². The number of carbonyl (C=O) groups is 2. The molecule has 0 heterocycles. The van der Waals surface area contributed by atoms with Crippen molar-refractivity contribution in [2.75, 3.05) is 13.1 Å². The molecule has 4 aliphatic carbocycles. The highest BCUT2D eigenvalue weighted by molar-refractivity contribution is 5.90. The standard InChI is InChI=1S/C23H31N3O3/c27-21(26-29)6-5-16-1-3-17(4-2-16)15-24-7-8-25-22(28)23-12-18-9-19(13-23)11-20(10-18)14-23/h1-6,18-20,24,29H,7-15H2,(H,25,28)(H,26,27)/b6-5+. The second-order valence-corrected chi connectivity index (χ2v) is 9.18. The lowest BCUT2D eigenvalue weighted by Gasteiger charge is -2.55. The summed E-state index contributed by atoms with van der Waals surface area (Å²) in [6.07, 6.45) is 10.3. The van der Waals surface area contributed by atoms with Crippen LogP contribution in [0.25, 0.3) is 6.08 Å². The summed E-state index contributed by atoms with van der Waals surface area (Å²) in [5, 5.41) is 15.1. The van der Waals surface area contributed by atoms with Crippen LogP contribution in [0.4, 0.5) is 0 Å². The summed E-state index contributed by atoms with van der Waals surface area (Å²) < 4.78 is 0. The molecule has 0 spiro atoms. The first-order chi connectivity index (χ1) is 14.1. The molecule has 0 aromatic heterocycles. The van der Waals surface area contributed by atoms with Crippen LogP contribution in [0.15, 0.2) is 30.3 Å². The normalized spacial score (nSPS) is 29.9. The van der Waals surface area contributed by atoms with E-state index < -0.39 is 5.91 Å². The summed E-state index contributed by atoms with van der Waals surface area (Å²) in [5.41, 5.74) is 3.53. The SMILES string of the molecule is O=C(/C=C/c1ccc(CNCCNC(=O)C23CC4CC(CC(C4)C2)C3)cc1)NO. The predicted octanol–water partition coefficient (Wildman–Crippen LogP) is 2.63. The van der Waals surface area contributed by atoms with E-state index in [2.05, 4.69) is 10.6 Å². The number of hydrogen-bond donors (Lipinski definition) is 4. The predicted molar refractivity (Wildman–Crippen MR) is 111 cm³/mol. The second-order valence-electron chi connectivity index (χ2n) is 9.18. The third-order valence-electron chi connectivity index (χ3n) is 6.95. The van der Waals surface area contributed by atoms with E-state index in [9.17, 15) is 9.59 Å². The Balaban J connectivity index is 1.17. The number of amides is 2. The number of nitrogens with one attached hydrogen (secondary N) is 3. The zero-order valence-corrected chi connectivity index (χ0v) is 16.8. The van der Waals surface area contributed by atoms with E-state index in [0.717, 1.165) is 61.2 Å². The largest absolute Gasteiger partial charge is 0.354 e. The van der Waals surface area contributed by atoms with Gasteiger partial charge in [-0.25, -0.2) is 5.48 Å². The van der Waals surface area contributed by atoms with E-state index in [0.29, 0.717) is 12.5 Å². The number of hydrogen-bond acceptors (Lipinski definition) is 4. The summed E-state index contributed by atoms with van der Waals surface area (Å²) in [4.78, 5) is 23.9. The highest BCUT2D eigenvalue weighted by Gasteiger charge is 2.54. The molecule has 2 amide bonds. The molecule has 1 aromatic carbocycles. The van der Waals surface area contributed by atoms with Gasteiger partial charge in [0.1, 0.15) is 0 Å². The fourth-order valence-electron chi connectivity index (χ4n) is 6.03. The summed E-state index contributed by atoms with van der Waals surface area (Å²) in [6.45, 7) is 2.14. The molecule has 29 heavy (non-hydrogen) atoms. The molecule has 0 radical (unpaired) electrons. The first kappa shape index (κ1) is 20.1. The van der Waals surface area contributed by atoms with Gasteiger partial charge in [-0.2, -0.15) is 0 Å². The van der Waals surface area contributed by atoms with Gasteiger partial charge in [0.15, 0.2) is 0 Å². The smallest absolute Gasteiger partial charge is 0.267 e. The average Bonchev–Trinajstić information content (AvgIpc) is 2.71. The van der Waals surface area contributed by atoms with Crippen LogP contribution in [0.5, 0.6) is 0 Å². The van der Waals surface area contributed by atoms with Crippen LogP contribution in [-0.2, 0) is 16.1 Å². The van der Waals surface area contributed by atoms with Gasteiger partial charge in [0.2, 0.25) is 5.91 Å². The third kappa shape index (κ3) is 4.70. The molecule has 6 heteroatoms. The molecule has 4 fully saturated rings. The number of hydroxylamine groups is 1. The van der Waals surface area contributed by atoms with Gasteiger partial charge < -0.3 is 10.6 Å². The molecule has 4 N–H and O–H groups in total. The van der Waals surface area contributed by atoms with Gasteiger partial charge >= 0.3 is 0 Å². The van der Waals surface area contributed by atoms with Gasteiger partial charge in [-0.1, -0.05) is 24.3 Å². The Kier molecular flexibility index (Phi) is 6.01. The molecule has 0 atom stereocenters. The van der Waals surface area contributed by atoms with Crippen molar-refractivity contribution in [1.82, 2.24) is 16.1 Å². The number of benzene rings is 1. The summed E-state index contributed by atoms with van der Waals surface area (Å²) in [5.74, 6) is 2.12. The average molecular weight is 398 g/mol. The van der Waals surface area contributed by atoms with Gasteiger partial charge in [0.05, 0.1) is 0 Å². The fourth-order valence-corrected chi connectivity index (χ4v) is 6.03. The van der Waals surface area contributed by atoms with E-state index in [-0.39, 0.29) is 5.41 Å². The van der Waals surface area contributed by atoms with Crippen LogP contribution >= 0.6 is 0 Å². The quantitative estimate of drug-likeness (QED) is 0.235. The molecule has 4 bridgehead atoms. The lowest BCUT2D eigenvalue weighted by molar-refractivity contribution is -0.146. The maximum absolute atomic E-state index is 12.9. The maximum Gasteiger partial charge on any atom is 0.267 e. The van der Waals surface area contributed by atoms with E-state index in [4.69, 9.17) is 5.21 Å². The van der Waals surface area contributed by atoms with Crippen LogP contribution in [0.1, 0.15) is 49.7 Å². The van der Waals surface area contributed by atoms with Crippen molar-refractivity contribution in [2.24, 2.45) is 23.2 Å². The Morgan fingerprint density at radius 2 is 1.62 bits per heavy atom. The van der Waals surface area contributed by atoms with Crippen LogP contribution in [0.2, 0.25) is 0 Å². The number of rotatable bonds is 8. The van der Waals surface area contributed by atoms with E-state index in [1.54, 1.807) is 11.6 Å². The second kappa shape index (κ2) is 8.67. The minimum atomic E-state index is -0.550. The van der Waals surface area contributed by atoms with Crippen molar-refractivity contribution < 1.29 is 14.8 Å². The van der Waals surface area contributed by atoms with Crippen LogP contribution in [0, 0.1) is 23.2 Å². The first-order valence-electron chi connectivity index (χ1n) is 10.8. The first-order valence-corrected chi connectivity index (χ1v) is 10.8. The van der Waals surface area contributed by atoms with Gasteiger partial charge in [-0.3, -0.25) is 14.8 Å². The van der Waals surface area contributed by atoms with Crippen LogP contribution < -0.4 is 16.1 Å². The Hall–Kier alpha value is -2.18. The molecular formula is C23H31N3O3. The highest BCUT2D eigenvalue weighted by Crippen LogP contribution is 2.60. The van der Waals surface area contributed by atoms with Gasteiger partial charge in [0, 0.05) is 31.1 Å². The molecule has 5 rings (SSSR count). The zero-order valence-electron chi connectivity index (χ0n) is 16.8. The van der Waals surface area contributed by atoms with E-state index in [1.807, 2.05) is 24.3 Å². The highest BCUT2D eigenvalue weighted by atomic mass is 16.5. The van der Waals surface area contributed by atoms with E-state index in [1.165, 1.54) is 25.3 Å². The summed E-state index contributed by atoms with van der Waals surface area (Å²) in [6, 6.07) is 7.84. The Bertz CT molecular complexity index is 737. The van der Waals surface area contributed by atoms with Gasteiger partial charge in [0.25, 0.3) is 5.91 Å². The Labute approximate surface area is 172 Å². The molecule has 0 saturated heterocycles. The third-order valence-corrected chi connectivity index (χ3v) is 6.95. The van der Waals surface area contributed by atoms with Gasteiger partial charge in [-0.15, -0.1) is 0 Å². The molecule has 4 aliphatic rings.